The van der Waals surface area contributed by atoms with Gasteiger partial charge in [0.2, 0.25) is 5.91 Å². The van der Waals surface area contributed by atoms with Crippen molar-refractivity contribution in [3.63, 3.8) is 0 Å². The Hall–Kier alpha value is -0.730. The van der Waals surface area contributed by atoms with Crippen LogP contribution in [0.15, 0.2) is 0 Å². The number of nitrogens with two attached hydrogens (primary N) is 1. The average molecular weight is 467 g/mol. The maximum absolute atomic E-state index is 13.1. The van der Waals surface area contributed by atoms with Gasteiger partial charge in [0.15, 0.2) is 0 Å². The van der Waals surface area contributed by atoms with Crippen molar-refractivity contribution in [2.75, 3.05) is 32.7 Å². The Balaban J connectivity index is 0.000000321. The van der Waals surface area contributed by atoms with E-state index in [1.165, 1.54) is 0 Å². The summed E-state index contributed by atoms with van der Waals surface area (Å²) in [5, 5.41) is 17.3. The molecule has 1 atom stereocenters. The lowest BCUT2D eigenvalue weighted by molar-refractivity contribution is -0.135. The van der Waals surface area contributed by atoms with Gasteiger partial charge in [-0.15, -0.1) is 0 Å². The fraction of sp³-hybridized carbons (Fsp3) is 0.962. The second-order valence-corrected chi connectivity index (χ2v) is 13.6. The van der Waals surface area contributed by atoms with Crippen LogP contribution in [-0.4, -0.2) is 66.8 Å². The molecule has 7 N–H and O–H groups in total. The first-order valence-electron chi connectivity index (χ1n) is 13.0. The highest BCUT2D eigenvalue weighted by Crippen LogP contribution is 2.42. The van der Waals surface area contributed by atoms with Crippen LogP contribution >= 0.6 is 0 Å². The predicted octanol–water partition coefficient (Wildman–Crippen LogP) is 2.11. The third-order valence-electron chi connectivity index (χ3n) is 7.52. The second-order valence-electron chi connectivity index (χ2n) is 13.6. The highest BCUT2D eigenvalue weighted by molar-refractivity contribution is 5.83. The van der Waals surface area contributed by atoms with E-state index >= 15 is 0 Å². The third kappa shape index (κ3) is 8.46. The lowest BCUT2D eigenvalue weighted by Crippen LogP contribution is -2.65. The van der Waals surface area contributed by atoms with Crippen molar-refractivity contribution in [2.24, 2.45) is 17.1 Å². The summed E-state index contributed by atoms with van der Waals surface area (Å²) in [5.74, 6) is 0.436. The number of nitrogens with one attached hydrogen (secondary N) is 5. The molecule has 0 bridgehead atoms. The van der Waals surface area contributed by atoms with Gasteiger partial charge < -0.3 is 32.3 Å². The van der Waals surface area contributed by atoms with Crippen molar-refractivity contribution in [2.45, 2.75) is 116 Å². The third-order valence-corrected chi connectivity index (χ3v) is 7.52. The number of amides is 1. The van der Waals surface area contributed by atoms with Gasteiger partial charge in [0.1, 0.15) is 0 Å². The maximum atomic E-state index is 13.1. The quantitative estimate of drug-likeness (QED) is 0.379. The monoisotopic (exact) mass is 466 g/mol. The molecule has 1 unspecified atom stereocenters. The molecule has 33 heavy (non-hydrogen) atoms. The zero-order valence-corrected chi connectivity index (χ0v) is 23.0. The van der Waals surface area contributed by atoms with E-state index in [0.717, 1.165) is 51.9 Å². The molecule has 0 saturated carbocycles. The Kier molecular flexibility index (Phi) is 9.06. The summed E-state index contributed by atoms with van der Waals surface area (Å²) in [6, 6.07) is 0.289. The number of rotatable bonds is 4. The zero-order valence-electron chi connectivity index (χ0n) is 23.0. The summed E-state index contributed by atoms with van der Waals surface area (Å²) in [7, 11) is 0. The molecule has 0 spiro atoms. The van der Waals surface area contributed by atoms with Gasteiger partial charge in [-0.25, -0.2) is 0 Å². The minimum atomic E-state index is -0.498. The van der Waals surface area contributed by atoms with E-state index in [1.54, 1.807) is 0 Å². The van der Waals surface area contributed by atoms with E-state index in [2.05, 4.69) is 88.9 Å². The van der Waals surface area contributed by atoms with Gasteiger partial charge in [0, 0.05) is 47.8 Å². The molecule has 3 aliphatic heterocycles. The Morgan fingerprint density at radius 2 is 1.30 bits per heavy atom. The van der Waals surface area contributed by atoms with E-state index in [-0.39, 0.29) is 34.1 Å². The van der Waals surface area contributed by atoms with Crippen molar-refractivity contribution < 1.29 is 4.79 Å². The lowest BCUT2D eigenvalue weighted by Gasteiger charge is -2.51. The van der Waals surface area contributed by atoms with Crippen LogP contribution in [0.3, 0.4) is 0 Å². The van der Waals surface area contributed by atoms with Crippen LogP contribution in [0.5, 0.6) is 0 Å². The first kappa shape index (κ1) is 28.5. The van der Waals surface area contributed by atoms with E-state index in [4.69, 9.17) is 5.73 Å². The van der Waals surface area contributed by atoms with Crippen LogP contribution in [-0.2, 0) is 4.79 Å². The van der Waals surface area contributed by atoms with E-state index in [0.29, 0.717) is 12.5 Å². The van der Waals surface area contributed by atoms with Crippen LogP contribution in [0.4, 0.5) is 0 Å². The molecule has 0 aromatic carbocycles. The highest BCUT2D eigenvalue weighted by atomic mass is 16.2. The summed E-state index contributed by atoms with van der Waals surface area (Å²) in [4.78, 5) is 13.1. The fourth-order valence-corrected chi connectivity index (χ4v) is 6.23. The predicted molar refractivity (Wildman–Crippen MR) is 139 cm³/mol. The molecule has 1 amide bonds. The summed E-state index contributed by atoms with van der Waals surface area (Å²) in [6.07, 6.45) is 3.97. The molecule has 7 heteroatoms. The van der Waals surface area contributed by atoms with E-state index in [1.807, 2.05) is 0 Å². The lowest BCUT2D eigenvalue weighted by atomic mass is 9.63. The molecule has 0 aromatic rings. The summed E-state index contributed by atoms with van der Waals surface area (Å²) in [5.41, 5.74) is 6.18. The highest BCUT2D eigenvalue weighted by Gasteiger charge is 2.48. The smallest absolute Gasteiger partial charge is 0.227 e. The van der Waals surface area contributed by atoms with Crippen LogP contribution in [0.1, 0.15) is 88.0 Å². The summed E-state index contributed by atoms with van der Waals surface area (Å²) in [6.45, 7) is 24.4. The molecule has 0 aliphatic carbocycles. The Bertz CT molecular complexity index is 623. The van der Waals surface area contributed by atoms with Crippen LogP contribution in [0.2, 0.25) is 0 Å². The van der Waals surface area contributed by atoms with Crippen molar-refractivity contribution in [3.8, 4) is 0 Å². The zero-order chi connectivity index (χ0) is 25.1. The van der Waals surface area contributed by atoms with Crippen LogP contribution < -0.4 is 32.3 Å². The SMILES string of the molecule is CC1(C)CC(C(C)(CN)C(=O)NC2CCNCC2)CC(C)(C)N1.CC1(C)CNCC(C)(C)N1. The Morgan fingerprint density at radius 3 is 1.70 bits per heavy atom. The Morgan fingerprint density at radius 1 is 0.848 bits per heavy atom. The minimum absolute atomic E-state index is 0.0257. The van der Waals surface area contributed by atoms with Gasteiger partial charge in [-0.1, -0.05) is 0 Å². The molecule has 194 valence electrons. The molecular formula is C26H54N6O. The van der Waals surface area contributed by atoms with E-state index < -0.39 is 5.41 Å². The average Bonchev–Trinajstić information content (AvgIpc) is 2.64. The van der Waals surface area contributed by atoms with Crippen molar-refractivity contribution in [3.05, 3.63) is 0 Å². The maximum Gasteiger partial charge on any atom is 0.227 e. The number of piperazine rings is 1. The molecule has 7 nitrogen and oxygen atoms in total. The van der Waals surface area contributed by atoms with Gasteiger partial charge in [0.05, 0.1) is 5.41 Å². The number of carbonyl (C=O) groups is 1. The van der Waals surface area contributed by atoms with E-state index in [9.17, 15) is 4.79 Å². The second kappa shape index (κ2) is 10.5. The normalized spacial score (nSPS) is 28.7. The molecule has 0 radical (unpaired) electrons. The van der Waals surface area contributed by atoms with Crippen LogP contribution in [0, 0.1) is 11.3 Å². The van der Waals surface area contributed by atoms with Gasteiger partial charge >= 0.3 is 0 Å². The molecule has 3 rings (SSSR count). The first-order valence-corrected chi connectivity index (χ1v) is 13.0. The number of carbonyl (C=O) groups excluding carboxylic acids is 1. The summed E-state index contributed by atoms with van der Waals surface area (Å²) < 4.78 is 0. The summed E-state index contributed by atoms with van der Waals surface area (Å²) >= 11 is 0. The fourth-order valence-electron chi connectivity index (χ4n) is 6.23. The van der Waals surface area contributed by atoms with Crippen molar-refractivity contribution in [1.82, 2.24) is 26.6 Å². The number of hydrogen-bond acceptors (Lipinski definition) is 6. The first-order chi connectivity index (χ1) is 15.0. The van der Waals surface area contributed by atoms with Crippen molar-refractivity contribution in [1.29, 1.82) is 0 Å². The van der Waals surface area contributed by atoms with Gasteiger partial charge in [-0.2, -0.15) is 0 Å². The standard InChI is InChI=1S/C18H36N4O.C8H18N2/c1-16(2)10-13(11-17(3,4)22-16)18(5,12-19)15(23)21-14-6-8-20-9-7-14;1-7(2)5-9-6-8(3,4)10-7/h13-14,20,22H,6-12,19H2,1-5H3,(H,21,23);9-10H,5-6H2,1-4H3. The van der Waals surface area contributed by atoms with Gasteiger partial charge in [0.25, 0.3) is 0 Å². The van der Waals surface area contributed by atoms with Gasteiger partial charge in [-0.3, -0.25) is 4.79 Å². The van der Waals surface area contributed by atoms with Crippen molar-refractivity contribution >= 4 is 5.91 Å². The van der Waals surface area contributed by atoms with Crippen LogP contribution in [0.25, 0.3) is 0 Å². The van der Waals surface area contributed by atoms with Gasteiger partial charge in [-0.05, 0) is 107 Å². The largest absolute Gasteiger partial charge is 0.353 e. The molecular weight excluding hydrogens is 412 g/mol. The molecule has 0 aromatic heterocycles. The molecule has 3 saturated heterocycles. The molecule has 3 aliphatic rings. The minimum Gasteiger partial charge on any atom is -0.353 e. The molecule has 3 fully saturated rings. The number of hydrogen-bond donors (Lipinski definition) is 6. The number of piperidine rings is 2. The topological polar surface area (TPSA) is 103 Å². The molecule has 3 heterocycles. The Labute approximate surface area is 203 Å².